The number of rotatable bonds is 7. The van der Waals surface area contributed by atoms with Crippen LogP contribution in [0.5, 0.6) is 23.0 Å². The maximum Gasteiger partial charge on any atom is 0.231 e. The number of aliphatic imine (C=N–C) groups is 1. The Morgan fingerprint density at radius 1 is 1.19 bits per heavy atom. The molecule has 0 unspecified atom stereocenters. The van der Waals surface area contributed by atoms with Crippen LogP contribution in [-0.4, -0.2) is 38.1 Å². The van der Waals surface area contributed by atoms with Gasteiger partial charge in [-0.15, -0.1) is 0 Å². The Kier molecular flexibility index (Phi) is 6.25. The predicted molar refractivity (Wildman–Crippen MR) is 104 cm³/mol. The third-order valence-corrected chi connectivity index (χ3v) is 4.20. The number of methoxy groups -OCH3 is 1. The average molecular weight is 371 g/mol. The number of benzene rings is 2. The van der Waals surface area contributed by atoms with E-state index in [1.807, 2.05) is 37.3 Å². The molecule has 0 atom stereocenters. The Labute approximate surface area is 159 Å². The molecule has 144 valence electrons. The van der Waals surface area contributed by atoms with Crippen molar-refractivity contribution < 1.29 is 19.3 Å². The number of phenols is 1. The van der Waals surface area contributed by atoms with Crippen LogP contribution in [0, 0.1) is 0 Å². The molecule has 2 aromatic carbocycles. The lowest BCUT2D eigenvalue weighted by Gasteiger charge is -2.12. The molecule has 3 N–H and O–H groups in total. The van der Waals surface area contributed by atoms with Crippen molar-refractivity contribution in [3.63, 3.8) is 0 Å². The summed E-state index contributed by atoms with van der Waals surface area (Å²) in [5.74, 6) is 2.85. The first-order valence-corrected chi connectivity index (χ1v) is 8.96. The van der Waals surface area contributed by atoms with E-state index in [0.717, 1.165) is 36.6 Å². The molecular formula is C20H25N3O4. The maximum atomic E-state index is 10.2. The van der Waals surface area contributed by atoms with Crippen LogP contribution in [0.25, 0.3) is 0 Å². The molecule has 0 radical (unpaired) electrons. The fourth-order valence-corrected chi connectivity index (χ4v) is 2.79. The predicted octanol–water partition coefficient (Wildman–Crippen LogP) is 2.43. The molecule has 3 rings (SSSR count). The summed E-state index contributed by atoms with van der Waals surface area (Å²) in [5.41, 5.74) is 1.87. The maximum absolute atomic E-state index is 10.2. The van der Waals surface area contributed by atoms with E-state index in [0.29, 0.717) is 23.8 Å². The van der Waals surface area contributed by atoms with Crippen molar-refractivity contribution in [3.05, 3.63) is 47.5 Å². The van der Waals surface area contributed by atoms with Gasteiger partial charge in [0.05, 0.1) is 13.7 Å². The van der Waals surface area contributed by atoms with Gasteiger partial charge in [0.15, 0.2) is 29.0 Å². The number of aromatic hydroxyl groups is 1. The number of ether oxygens (including phenoxy) is 3. The summed E-state index contributed by atoms with van der Waals surface area (Å²) in [6, 6.07) is 11.4. The monoisotopic (exact) mass is 371 g/mol. The first-order chi connectivity index (χ1) is 13.2. The summed E-state index contributed by atoms with van der Waals surface area (Å²) in [6.07, 6.45) is 0.825. The Hall–Kier alpha value is -3.09. The average Bonchev–Trinajstić information content (AvgIpc) is 3.15. The molecule has 0 aromatic heterocycles. The number of phenolic OH excluding ortho intramolecular Hbond substituents is 1. The number of nitrogens with one attached hydrogen (secondary N) is 2. The molecule has 7 nitrogen and oxygen atoms in total. The lowest BCUT2D eigenvalue weighted by Crippen LogP contribution is -2.38. The highest BCUT2D eigenvalue weighted by Crippen LogP contribution is 2.32. The molecule has 2 aromatic rings. The summed E-state index contributed by atoms with van der Waals surface area (Å²) in [7, 11) is 1.53. The summed E-state index contributed by atoms with van der Waals surface area (Å²) >= 11 is 0. The van der Waals surface area contributed by atoms with Crippen LogP contribution >= 0.6 is 0 Å². The number of fused-ring (bicyclic) bond motifs is 1. The Morgan fingerprint density at radius 3 is 2.85 bits per heavy atom. The second-order valence-electron chi connectivity index (χ2n) is 6.03. The number of nitrogens with zero attached hydrogens (tertiary/aromatic N) is 1. The van der Waals surface area contributed by atoms with Crippen molar-refractivity contribution >= 4 is 5.96 Å². The second-order valence-corrected chi connectivity index (χ2v) is 6.03. The van der Waals surface area contributed by atoms with Gasteiger partial charge < -0.3 is 30.0 Å². The fraction of sp³-hybridized carbons (Fsp3) is 0.350. The van der Waals surface area contributed by atoms with Crippen LogP contribution in [0.4, 0.5) is 0 Å². The summed E-state index contributed by atoms with van der Waals surface area (Å²) in [5, 5.41) is 16.7. The minimum absolute atomic E-state index is 0.125. The molecule has 1 heterocycles. The van der Waals surface area contributed by atoms with Crippen molar-refractivity contribution in [2.75, 3.05) is 27.0 Å². The van der Waals surface area contributed by atoms with Crippen molar-refractivity contribution in [1.82, 2.24) is 10.6 Å². The van der Waals surface area contributed by atoms with Gasteiger partial charge in [-0.05, 0) is 37.1 Å². The van der Waals surface area contributed by atoms with Gasteiger partial charge in [-0.3, -0.25) is 0 Å². The summed E-state index contributed by atoms with van der Waals surface area (Å²) < 4.78 is 15.9. The topological polar surface area (TPSA) is 84.3 Å². The SMILES string of the molecule is CCNC(=NCc1cccc(OC)c1O)NCCc1ccc2c(c1)OCO2. The van der Waals surface area contributed by atoms with E-state index in [1.165, 1.54) is 7.11 Å². The second kappa shape index (κ2) is 9.02. The van der Waals surface area contributed by atoms with Gasteiger partial charge in [-0.1, -0.05) is 18.2 Å². The Morgan fingerprint density at radius 2 is 2.04 bits per heavy atom. The molecule has 0 bridgehead atoms. The lowest BCUT2D eigenvalue weighted by molar-refractivity contribution is 0.174. The van der Waals surface area contributed by atoms with Crippen molar-refractivity contribution in [2.24, 2.45) is 4.99 Å². The number of hydrogen-bond acceptors (Lipinski definition) is 5. The summed E-state index contributed by atoms with van der Waals surface area (Å²) in [4.78, 5) is 4.54. The highest BCUT2D eigenvalue weighted by Gasteiger charge is 2.13. The van der Waals surface area contributed by atoms with Crippen LogP contribution in [0.2, 0.25) is 0 Å². The lowest BCUT2D eigenvalue weighted by atomic mass is 10.1. The van der Waals surface area contributed by atoms with Gasteiger partial charge in [-0.2, -0.15) is 0 Å². The first kappa shape index (κ1) is 18.7. The smallest absolute Gasteiger partial charge is 0.231 e. The van der Waals surface area contributed by atoms with Crippen molar-refractivity contribution in [1.29, 1.82) is 0 Å². The molecule has 7 heteroatoms. The fourth-order valence-electron chi connectivity index (χ4n) is 2.79. The summed E-state index contributed by atoms with van der Waals surface area (Å²) in [6.45, 7) is 4.11. The highest BCUT2D eigenvalue weighted by atomic mass is 16.7. The normalized spacial score (nSPS) is 12.7. The van der Waals surface area contributed by atoms with Crippen LogP contribution < -0.4 is 24.8 Å². The van der Waals surface area contributed by atoms with E-state index in [4.69, 9.17) is 14.2 Å². The van der Waals surface area contributed by atoms with Crippen LogP contribution in [0.3, 0.4) is 0 Å². The quantitative estimate of drug-likeness (QED) is 0.512. The number of hydrogen-bond donors (Lipinski definition) is 3. The zero-order valence-electron chi connectivity index (χ0n) is 15.6. The van der Waals surface area contributed by atoms with Crippen LogP contribution in [0.1, 0.15) is 18.1 Å². The van der Waals surface area contributed by atoms with E-state index < -0.39 is 0 Å². The van der Waals surface area contributed by atoms with Crippen LogP contribution in [-0.2, 0) is 13.0 Å². The molecule has 0 aliphatic carbocycles. The zero-order valence-corrected chi connectivity index (χ0v) is 15.6. The first-order valence-electron chi connectivity index (χ1n) is 8.96. The molecule has 0 spiro atoms. The molecule has 0 amide bonds. The molecule has 0 fully saturated rings. The van der Waals surface area contributed by atoms with Gasteiger partial charge in [0.25, 0.3) is 0 Å². The number of guanidine groups is 1. The highest BCUT2D eigenvalue weighted by molar-refractivity contribution is 5.79. The van der Waals surface area contributed by atoms with Crippen molar-refractivity contribution in [3.8, 4) is 23.0 Å². The molecule has 27 heavy (non-hydrogen) atoms. The third-order valence-electron chi connectivity index (χ3n) is 4.20. The molecule has 0 saturated carbocycles. The Balaban J connectivity index is 1.58. The largest absolute Gasteiger partial charge is 0.504 e. The standard InChI is InChI=1S/C20H25N3O4/c1-3-21-20(23-12-15-5-4-6-17(25-2)19(15)24)22-10-9-14-7-8-16-18(11-14)27-13-26-16/h4-8,11,24H,3,9-10,12-13H2,1-2H3,(H2,21,22,23). The molecule has 1 aliphatic rings. The number of para-hydroxylation sites is 1. The minimum atomic E-state index is 0.125. The van der Waals surface area contributed by atoms with Gasteiger partial charge in [0, 0.05) is 18.7 Å². The van der Waals surface area contributed by atoms with Crippen molar-refractivity contribution in [2.45, 2.75) is 19.9 Å². The van der Waals surface area contributed by atoms with Gasteiger partial charge in [-0.25, -0.2) is 4.99 Å². The van der Waals surface area contributed by atoms with Gasteiger partial charge in [0.2, 0.25) is 6.79 Å². The van der Waals surface area contributed by atoms with E-state index in [2.05, 4.69) is 15.6 Å². The molecular weight excluding hydrogens is 346 g/mol. The third kappa shape index (κ3) is 4.75. The van der Waals surface area contributed by atoms with E-state index in [9.17, 15) is 5.11 Å². The molecule has 0 saturated heterocycles. The van der Waals surface area contributed by atoms with Gasteiger partial charge in [0.1, 0.15) is 0 Å². The minimum Gasteiger partial charge on any atom is -0.504 e. The van der Waals surface area contributed by atoms with E-state index in [1.54, 1.807) is 6.07 Å². The molecule has 1 aliphatic heterocycles. The van der Waals surface area contributed by atoms with E-state index >= 15 is 0 Å². The Bertz CT molecular complexity index is 808. The van der Waals surface area contributed by atoms with E-state index in [-0.39, 0.29) is 12.5 Å². The van der Waals surface area contributed by atoms with Gasteiger partial charge >= 0.3 is 0 Å². The van der Waals surface area contributed by atoms with Crippen LogP contribution in [0.15, 0.2) is 41.4 Å². The zero-order chi connectivity index (χ0) is 19.1.